The maximum atomic E-state index is 5.78. The Labute approximate surface area is 96.9 Å². The lowest BCUT2D eigenvalue weighted by Crippen LogP contribution is -1.84. The van der Waals surface area contributed by atoms with E-state index in [1.807, 2.05) is 18.2 Å². The highest BCUT2D eigenvalue weighted by Crippen LogP contribution is 2.20. The van der Waals surface area contributed by atoms with E-state index in [1.165, 1.54) is 0 Å². The average Bonchev–Trinajstić information content (AvgIpc) is 2.28. The van der Waals surface area contributed by atoms with Gasteiger partial charge in [0.2, 0.25) is 0 Å². The Morgan fingerprint density at radius 2 is 2.13 bits per heavy atom. The van der Waals surface area contributed by atoms with Crippen LogP contribution in [-0.2, 0) is 5.75 Å². The van der Waals surface area contributed by atoms with Crippen molar-refractivity contribution in [3.63, 3.8) is 0 Å². The summed E-state index contributed by atoms with van der Waals surface area (Å²) in [5.74, 6) is 0.833. The summed E-state index contributed by atoms with van der Waals surface area (Å²) in [6.07, 6.45) is 4.98. The second-order valence-corrected chi connectivity index (χ2v) is 4.21. The van der Waals surface area contributed by atoms with Crippen LogP contribution in [0.15, 0.2) is 41.9 Å². The van der Waals surface area contributed by atoms with Crippen LogP contribution in [0.2, 0.25) is 5.15 Å². The molecule has 0 fully saturated rings. The molecule has 0 N–H and O–H groups in total. The molecule has 0 radical (unpaired) electrons. The first kappa shape index (κ1) is 10.4. The fraction of sp³-hybridized carbons (Fsp3) is 0.100. The SMILES string of the molecule is Clc1cc(CSc2ccncn2)ccn1. The number of nitrogens with zero attached hydrogens (tertiary/aromatic N) is 3. The fourth-order valence-corrected chi connectivity index (χ4v) is 2.02. The molecular formula is C10H8ClN3S. The highest BCUT2D eigenvalue weighted by atomic mass is 35.5. The number of rotatable bonds is 3. The predicted molar refractivity (Wildman–Crippen MR) is 60.8 cm³/mol. The number of thioether (sulfide) groups is 1. The molecule has 0 unspecified atom stereocenters. The molecule has 3 nitrogen and oxygen atoms in total. The minimum absolute atomic E-state index is 0.524. The van der Waals surface area contributed by atoms with Crippen LogP contribution < -0.4 is 0 Å². The van der Waals surface area contributed by atoms with E-state index in [-0.39, 0.29) is 0 Å². The number of hydrogen-bond acceptors (Lipinski definition) is 4. The van der Waals surface area contributed by atoms with Gasteiger partial charge in [-0.2, -0.15) is 0 Å². The highest BCUT2D eigenvalue weighted by Gasteiger charge is 1.98. The van der Waals surface area contributed by atoms with E-state index < -0.39 is 0 Å². The first-order chi connectivity index (χ1) is 7.34. The van der Waals surface area contributed by atoms with E-state index in [9.17, 15) is 0 Å². The third-order valence-electron chi connectivity index (χ3n) is 1.73. The molecule has 0 atom stereocenters. The Morgan fingerprint density at radius 3 is 2.87 bits per heavy atom. The molecule has 0 spiro atoms. The lowest BCUT2D eigenvalue weighted by molar-refractivity contribution is 1.05. The van der Waals surface area contributed by atoms with Crippen molar-refractivity contribution in [3.8, 4) is 0 Å². The molecule has 0 saturated heterocycles. The van der Waals surface area contributed by atoms with Crippen molar-refractivity contribution in [3.05, 3.63) is 47.6 Å². The number of halogens is 1. The van der Waals surface area contributed by atoms with E-state index in [0.29, 0.717) is 5.15 Å². The van der Waals surface area contributed by atoms with Crippen molar-refractivity contribution in [1.82, 2.24) is 15.0 Å². The van der Waals surface area contributed by atoms with Crippen LogP contribution in [0.25, 0.3) is 0 Å². The summed E-state index contributed by atoms with van der Waals surface area (Å²) < 4.78 is 0. The molecule has 15 heavy (non-hydrogen) atoms. The van der Waals surface area contributed by atoms with Crippen LogP contribution >= 0.6 is 23.4 Å². The largest absolute Gasteiger partial charge is 0.245 e. The van der Waals surface area contributed by atoms with Crippen molar-refractivity contribution < 1.29 is 0 Å². The van der Waals surface area contributed by atoms with Gasteiger partial charge in [0.1, 0.15) is 11.5 Å². The van der Waals surface area contributed by atoms with Gasteiger partial charge in [-0.15, -0.1) is 11.8 Å². The fourth-order valence-electron chi connectivity index (χ4n) is 1.05. The van der Waals surface area contributed by atoms with Crippen molar-refractivity contribution in [2.45, 2.75) is 10.8 Å². The van der Waals surface area contributed by atoms with E-state index in [4.69, 9.17) is 11.6 Å². The predicted octanol–water partition coefficient (Wildman–Crippen LogP) is 2.82. The summed E-state index contributed by atoms with van der Waals surface area (Å²) in [6, 6.07) is 5.68. The molecule has 0 saturated carbocycles. The van der Waals surface area contributed by atoms with Gasteiger partial charge in [0.15, 0.2) is 0 Å². The standard InChI is InChI=1S/C10H8ClN3S/c11-9-5-8(1-4-13-9)6-15-10-2-3-12-7-14-10/h1-5,7H,6H2. The molecule has 2 aromatic heterocycles. The summed E-state index contributed by atoms with van der Waals surface area (Å²) in [7, 11) is 0. The lowest BCUT2D eigenvalue weighted by Gasteiger charge is -2.00. The van der Waals surface area contributed by atoms with Crippen LogP contribution in [-0.4, -0.2) is 15.0 Å². The summed E-state index contributed by atoms with van der Waals surface area (Å²) in [5.41, 5.74) is 1.14. The molecule has 2 rings (SSSR count). The zero-order valence-electron chi connectivity index (χ0n) is 7.80. The third kappa shape index (κ3) is 3.18. The average molecular weight is 238 g/mol. The Bertz CT molecular complexity index is 436. The van der Waals surface area contributed by atoms with Crippen molar-refractivity contribution >= 4 is 23.4 Å². The van der Waals surface area contributed by atoms with Crippen molar-refractivity contribution in [2.75, 3.05) is 0 Å². The molecule has 2 aromatic rings. The molecule has 0 amide bonds. The van der Waals surface area contributed by atoms with Gasteiger partial charge in [-0.1, -0.05) is 11.6 Å². The third-order valence-corrected chi connectivity index (χ3v) is 2.95. The molecule has 0 aliphatic heterocycles. The van der Waals surface area contributed by atoms with Gasteiger partial charge in [0, 0.05) is 18.1 Å². The van der Waals surface area contributed by atoms with Crippen molar-refractivity contribution in [1.29, 1.82) is 0 Å². The first-order valence-electron chi connectivity index (χ1n) is 4.34. The Kier molecular flexibility index (Phi) is 3.53. The van der Waals surface area contributed by atoms with Crippen LogP contribution in [0.3, 0.4) is 0 Å². The topological polar surface area (TPSA) is 38.7 Å². The summed E-state index contributed by atoms with van der Waals surface area (Å²) in [6.45, 7) is 0. The summed E-state index contributed by atoms with van der Waals surface area (Å²) >= 11 is 7.43. The zero-order valence-corrected chi connectivity index (χ0v) is 9.37. The summed E-state index contributed by atoms with van der Waals surface area (Å²) in [5, 5.41) is 1.48. The zero-order chi connectivity index (χ0) is 10.5. The van der Waals surface area contributed by atoms with Crippen LogP contribution in [0, 0.1) is 0 Å². The molecule has 2 heterocycles. The van der Waals surface area contributed by atoms with Gasteiger partial charge in [0.05, 0.1) is 5.03 Å². The highest BCUT2D eigenvalue weighted by molar-refractivity contribution is 7.98. The van der Waals surface area contributed by atoms with E-state index in [2.05, 4.69) is 15.0 Å². The first-order valence-corrected chi connectivity index (χ1v) is 5.70. The van der Waals surface area contributed by atoms with E-state index >= 15 is 0 Å². The maximum Gasteiger partial charge on any atom is 0.129 e. The smallest absolute Gasteiger partial charge is 0.129 e. The molecule has 76 valence electrons. The lowest BCUT2D eigenvalue weighted by atomic mass is 10.3. The minimum Gasteiger partial charge on any atom is -0.245 e. The second-order valence-electron chi connectivity index (χ2n) is 2.82. The molecule has 0 aliphatic carbocycles. The molecule has 5 heteroatoms. The molecule has 0 aliphatic rings. The Morgan fingerprint density at radius 1 is 1.20 bits per heavy atom. The Hall–Kier alpha value is -1.13. The monoisotopic (exact) mass is 237 g/mol. The quantitative estimate of drug-likeness (QED) is 0.468. The number of aromatic nitrogens is 3. The van der Waals surface area contributed by atoms with Crippen LogP contribution in [0.5, 0.6) is 0 Å². The van der Waals surface area contributed by atoms with Crippen LogP contribution in [0.1, 0.15) is 5.56 Å². The molecule has 0 aromatic carbocycles. The van der Waals surface area contributed by atoms with Gasteiger partial charge in [-0.05, 0) is 23.8 Å². The van der Waals surface area contributed by atoms with Crippen LogP contribution in [0.4, 0.5) is 0 Å². The molecular weight excluding hydrogens is 230 g/mol. The van der Waals surface area contributed by atoms with Crippen molar-refractivity contribution in [2.24, 2.45) is 0 Å². The molecule has 0 bridgehead atoms. The van der Waals surface area contributed by atoms with Gasteiger partial charge in [0.25, 0.3) is 0 Å². The minimum atomic E-state index is 0.524. The maximum absolute atomic E-state index is 5.78. The normalized spacial score (nSPS) is 10.2. The van der Waals surface area contributed by atoms with E-state index in [0.717, 1.165) is 16.3 Å². The van der Waals surface area contributed by atoms with Gasteiger partial charge in [-0.3, -0.25) is 0 Å². The van der Waals surface area contributed by atoms with Gasteiger partial charge in [-0.25, -0.2) is 15.0 Å². The van der Waals surface area contributed by atoms with E-state index in [1.54, 1.807) is 30.5 Å². The summed E-state index contributed by atoms with van der Waals surface area (Å²) in [4.78, 5) is 11.9. The van der Waals surface area contributed by atoms with Gasteiger partial charge >= 0.3 is 0 Å². The second kappa shape index (κ2) is 5.09. The van der Waals surface area contributed by atoms with Gasteiger partial charge < -0.3 is 0 Å². The number of pyridine rings is 1. The number of hydrogen-bond donors (Lipinski definition) is 0. The Balaban J connectivity index is 1.99.